The molecule has 0 aliphatic heterocycles. The van der Waals surface area contributed by atoms with E-state index in [1.807, 2.05) is 0 Å². The van der Waals surface area contributed by atoms with Gasteiger partial charge in [0.15, 0.2) is 0 Å². The van der Waals surface area contributed by atoms with Crippen molar-refractivity contribution in [2.75, 3.05) is 0 Å². The van der Waals surface area contributed by atoms with Crippen molar-refractivity contribution in [3.8, 4) is 11.6 Å². The third-order valence-corrected chi connectivity index (χ3v) is 2.82. The maximum atomic E-state index is 12.2. The Balaban J connectivity index is 2.32. The lowest BCUT2D eigenvalue weighted by atomic mass is 10.3. The molecule has 2 rings (SSSR count). The molecule has 1 aromatic carbocycles. The summed E-state index contributed by atoms with van der Waals surface area (Å²) in [6.07, 6.45) is -2.99. The highest BCUT2D eigenvalue weighted by molar-refractivity contribution is 6.34. The molecular weight excluding hydrogens is 346 g/mol. The monoisotopic (exact) mass is 351 g/mol. The number of carbonyl (C=O) groups is 1. The minimum atomic E-state index is -4.89. The van der Waals surface area contributed by atoms with Crippen LogP contribution in [0, 0.1) is 0 Å². The maximum Gasteiger partial charge on any atom is 0.484 e. The lowest BCUT2D eigenvalue weighted by Crippen LogP contribution is -2.37. The first kappa shape index (κ1) is 16.3. The first-order valence-electron chi connectivity index (χ1n) is 5.58. The fourth-order valence-electron chi connectivity index (χ4n) is 1.41. The molecule has 116 valence electrons. The number of carbonyl (C=O) groups excluding carboxylic acids is 1. The first-order valence-corrected chi connectivity index (χ1v) is 6.34. The topological polar surface area (TPSA) is 64.1 Å². The minimum Gasteiger partial charge on any atom is -0.436 e. The summed E-state index contributed by atoms with van der Waals surface area (Å²) in [5.41, 5.74) is -0.504. The van der Waals surface area contributed by atoms with Crippen LogP contribution in [0.4, 0.5) is 13.2 Å². The zero-order valence-corrected chi connectivity index (χ0v) is 12.0. The van der Waals surface area contributed by atoms with Gasteiger partial charge in [0.1, 0.15) is 17.6 Å². The number of amides is 1. The van der Waals surface area contributed by atoms with Gasteiger partial charge in [-0.25, -0.2) is 9.97 Å². The first-order chi connectivity index (χ1) is 10.3. The van der Waals surface area contributed by atoms with Crippen LogP contribution in [0.15, 0.2) is 30.7 Å². The van der Waals surface area contributed by atoms with E-state index < -0.39 is 17.8 Å². The number of nitrogens with one attached hydrogen (secondary N) is 1. The maximum absolute atomic E-state index is 12.2. The van der Waals surface area contributed by atoms with Gasteiger partial charge in [-0.1, -0.05) is 23.2 Å². The molecule has 0 aliphatic rings. The molecule has 0 unspecified atom stereocenters. The van der Waals surface area contributed by atoms with Crippen molar-refractivity contribution in [3.63, 3.8) is 0 Å². The van der Waals surface area contributed by atoms with Crippen LogP contribution in [0.25, 0.3) is 0 Å². The van der Waals surface area contributed by atoms with Gasteiger partial charge in [0.25, 0.3) is 5.91 Å². The van der Waals surface area contributed by atoms with E-state index in [9.17, 15) is 18.0 Å². The van der Waals surface area contributed by atoms with Crippen molar-refractivity contribution < 1.29 is 22.7 Å². The largest absolute Gasteiger partial charge is 0.484 e. The molecule has 0 saturated carbocycles. The Labute approximate surface area is 132 Å². The summed E-state index contributed by atoms with van der Waals surface area (Å²) < 4.78 is 41.9. The van der Waals surface area contributed by atoms with Gasteiger partial charge in [-0.05, 0) is 12.1 Å². The molecule has 1 amide bonds. The van der Waals surface area contributed by atoms with Crippen molar-refractivity contribution in [2.45, 2.75) is 6.30 Å². The van der Waals surface area contributed by atoms with Crippen molar-refractivity contribution in [2.24, 2.45) is 0 Å². The zero-order chi connectivity index (χ0) is 16.3. The smallest absolute Gasteiger partial charge is 0.436 e. The molecule has 1 aromatic heterocycles. The summed E-state index contributed by atoms with van der Waals surface area (Å²) in [5, 5.41) is 1.26. The predicted octanol–water partition coefficient (Wildman–Crippen LogP) is 3.83. The lowest BCUT2D eigenvalue weighted by Gasteiger charge is -2.12. The van der Waals surface area contributed by atoms with Gasteiger partial charge in [0, 0.05) is 17.3 Å². The molecule has 0 bridgehead atoms. The van der Waals surface area contributed by atoms with Crippen LogP contribution in [-0.4, -0.2) is 22.2 Å². The summed E-state index contributed by atoms with van der Waals surface area (Å²) >= 11 is 11.6. The van der Waals surface area contributed by atoms with E-state index in [0.717, 1.165) is 17.8 Å². The van der Waals surface area contributed by atoms with Gasteiger partial charge in [-0.2, -0.15) is 13.2 Å². The second-order valence-electron chi connectivity index (χ2n) is 3.87. The SMILES string of the molecule is O=C(NC(F)(F)F)c1cncnc1Oc1cc(Cl)ccc1Cl. The van der Waals surface area contributed by atoms with Crippen molar-refractivity contribution in [3.05, 3.63) is 46.3 Å². The zero-order valence-electron chi connectivity index (χ0n) is 10.5. The van der Waals surface area contributed by atoms with Gasteiger partial charge < -0.3 is 4.74 Å². The normalized spacial score (nSPS) is 11.1. The molecule has 0 fully saturated rings. The number of halogens is 5. The Morgan fingerprint density at radius 3 is 2.68 bits per heavy atom. The molecule has 0 aliphatic carbocycles. The van der Waals surface area contributed by atoms with E-state index in [0.29, 0.717) is 0 Å². The summed E-state index contributed by atoms with van der Waals surface area (Å²) in [4.78, 5) is 18.7. The molecule has 10 heteroatoms. The second-order valence-corrected chi connectivity index (χ2v) is 4.71. The molecule has 5 nitrogen and oxygen atoms in total. The Morgan fingerprint density at radius 2 is 2.00 bits per heavy atom. The van der Waals surface area contributed by atoms with Gasteiger partial charge in [-0.3, -0.25) is 10.1 Å². The Kier molecular flexibility index (Phi) is 4.72. The predicted molar refractivity (Wildman–Crippen MR) is 72.1 cm³/mol. The van der Waals surface area contributed by atoms with Crippen LogP contribution in [0.5, 0.6) is 11.6 Å². The molecule has 0 atom stereocenters. The van der Waals surface area contributed by atoms with Crippen LogP contribution in [0.2, 0.25) is 10.0 Å². The summed E-state index contributed by atoms with van der Waals surface area (Å²) in [6, 6.07) is 4.25. The molecule has 2 aromatic rings. The van der Waals surface area contributed by atoms with E-state index in [4.69, 9.17) is 27.9 Å². The van der Waals surface area contributed by atoms with Crippen molar-refractivity contribution in [1.82, 2.24) is 15.3 Å². The van der Waals surface area contributed by atoms with Crippen LogP contribution < -0.4 is 10.1 Å². The second kappa shape index (κ2) is 6.37. The highest BCUT2D eigenvalue weighted by Crippen LogP contribution is 2.32. The summed E-state index contributed by atoms with van der Waals surface area (Å²) in [6.45, 7) is 0. The number of alkyl halides is 3. The van der Waals surface area contributed by atoms with E-state index in [2.05, 4.69) is 9.97 Å². The Morgan fingerprint density at radius 1 is 1.27 bits per heavy atom. The molecule has 0 radical (unpaired) electrons. The van der Waals surface area contributed by atoms with Crippen molar-refractivity contribution >= 4 is 29.1 Å². The quantitative estimate of drug-likeness (QED) is 0.853. The van der Waals surface area contributed by atoms with E-state index >= 15 is 0 Å². The van der Waals surface area contributed by atoms with Gasteiger partial charge >= 0.3 is 6.30 Å². The standard InChI is InChI=1S/C12H6Cl2F3N3O2/c13-6-1-2-8(14)9(3-6)22-11-7(4-18-5-19-11)10(21)20-12(15,16)17/h1-5H,(H,20,21). The number of ether oxygens (including phenoxy) is 1. The van der Waals surface area contributed by atoms with Gasteiger partial charge in [0.2, 0.25) is 5.88 Å². The van der Waals surface area contributed by atoms with Gasteiger partial charge in [-0.15, -0.1) is 0 Å². The molecule has 0 saturated heterocycles. The minimum absolute atomic E-state index is 0.0360. The number of rotatable bonds is 3. The van der Waals surface area contributed by atoms with Gasteiger partial charge in [0.05, 0.1) is 5.02 Å². The number of benzene rings is 1. The molecular formula is C12H6Cl2F3N3O2. The number of hydrogen-bond donors (Lipinski definition) is 1. The average molecular weight is 352 g/mol. The highest BCUT2D eigenvalue weighted by Gasteiger charge is 2.32. The van der Waals surface area contributed by atoms with Crippen LogP contribution in [0.3, 0.4) is 0 Å². The number of nitrogens with zero attached hydrogens (tertiary/aromatic N) is 2. The summed E-state index contributed by atoms with van der Waals surface area (Å²) in [5.74, 6) is -1.81. The number of hydrogen-bond acceptors (Lipinski definition) is 4. The Bertz CT molecular complexity index is 710. The third kappa shape index (κ3) is 4.22. The fourth-order valence-corrected chi connectivity index (χ4v) is 1.73. The molecule has 1 heterocycles. The summed E-state index contributed by atoms with van der Waals surface area (Å²) in [7, 11) is 0. The van der Waals surface area contributed by atoms with Crippen LogP contribution >= 0.6 is 23.2 Å². The fraction of sp³-hybridized carbons (Fsp3) is 0.0833. The molecule has 0 spiro atoms. The molecule has 22 heavy (non-hydrogen) atoms. The lowest BCUT2D eigenvalue weighted by molar-refractivity contribution is -0.146. The van der Waals surface area contributed by atoms with Crippen LogP contribution in [0.1, 0.15) is 10.4 Å². The Hall–Kier alpha value is -2.06. The molecule has 1 N–H and O–H groups in total. The van der Waals surface area contributed by atoms with E-state index in [-0.39, 0.29) is 21.7 Å². The van der Waals surface area contributed by atoms with E-state index in [1.165, 1.54) is 18.2 Å². The van der Waals surface area contributed by atoms with E-state index in [1.54, 1.807) is 0 Å². The van der Waals surface area contributed by atoms with Crippen LogP contribution in [-0.2, 0) is 0 Å². The van der Waals surface area contributed by atoms with Crippen molar-refractivity contribution in [1.29, 1.82) is 0 Å². The highest BCUT2D eigenvalue weighted by atomic mass is 35.5. The third-order valence-electron chi connectivity index (χ3n) is 2.28. The average Bonchev–Trinajstić information content (AvgIpc) is 2.41. The number of aromatic nitrogens is 2.